The number of hydrogen-bond acceptors (Lipinski definition) is 7. The number of carbonyl (C=O) groups excluding carboxylic acids is 3. The van der Waals surface area contributed by atoms with Crippen molar-refractivity contribution < 1.29 is 33.3 Å². The van der Waals surface area contributed by atoms with Crippen molar-refractivity contribution >= 4 is 18.2 Å². The summed E-state index contributed by atoms with van der Waals surface area (Å²) in [7, 11) is 3.67. The molecule has 0 aliphatic rings. The highest BCUT2D eigenvalue weighted by atomic mass is 16.7. The third kappa shape index (κ3) is 4.92. The lowest BCUT2D eigenvalue weighted by Crippen LogP contribution is -2.39. The smallest absolute Gasteiger partial charge is 0.336 e. The highest BCUT2D eigenvalue weighted by molar-refractivity contribution is 5.85. The van der Waals surface area contributed by atoms with Crippen LogP contribution in [0.5, 0.6) is 0 Å². The molecule has 17 heavy (non-hydrogen) atoms. The fourth-order valence-electron chi connectivity index (χ4n) is 1.20. The summed E-state index contributed by atoms with van der Waals surface area (Å²) < 4.78 is 18.6. The molecule has 0 aliphatic heterocycles. The second kappa shape index (κ2) is 8.66. The van der Waals surface area contributed by atoms with Gasteiger partial charge in [0, 0.05) is 13.5 Å². The van der Waals surface area contributed by atoms with Crippen LogP contribution in [-0.2, 0) is 33.3 Å². The molecule has 0 fully saturated rings. The van der Waals surface area contributed by atoms with E-state index in [2.05, 4.69) is 14.2 Å². The van der Waals surface area contributed by atoms with Gasteiger partial charge in [0.1, 0.15) is 19.0 Å². The van der Waals surface area contributed by atoms with Crippen molar-refractivity contribution in [2.24, 2.45) is 5.92 Å². The minimum atomic E-state index is -1.22. The van der Waals surface area contributed by atoms with Gasteiger partial charge in [-0.3, -0.25) is 4.79 Å². The monoisotopic (exact) mass is 248 g/mol. The van der Waals surface area contributed by atoms with Crippen molar-refractivity contribution in [1.29, 1.82) is 0 Å². The Hall–Kier alpha value is -1.47. The van der Waals surface area contributed by atoms with Crippen LogP contribution in [0.15, 0.2) is 0 Å². The molecule has 0 saturated heterocycles. The maximum absolute atomic E-state index is 11.4. The van der Waals surface area contributed by atoms with Gasteiger partial charge in [-0.1, -0.05) is 0 Å². The fourth-order valence-corrected chi connectivity index (χ4v) is 1.20. The molecule has 0 unspecified atom stereocenters. The molecule has 0 bridgehead atoms. The lowest BCUT2D eigenvalue weighted by atomic mass is 9.99. The van der Waals surface area contributed by atoms with Gasteiger partial charge in [0.2, 0.25) is 0 Å². The summed E-state index contributed by atoms with van der Waals surface area (Å²) in [5.74, 6) is -2.52. The predicted octanol–water partition coefficient (Wildman–Crippen LogP) is -0.473. The quantitative estimate of drug-likeness (QED) is 0.326. The van der Waals surface area contributed by atoms with Crippen molar-refractivity contribution in [2.75, 3.05) is 28.1 Å². The van der Waals surface area contributed by atoms with Crippen LogP contribution in [0.25, 0.3) is 0 Å². The lowest BCUT2D eigenvalue weighted by Gasteiger charge is -2.21. The molecule has 0 amide bonds. The molecule has 0 rings (SSSR count). The average molecular weight is 248 g/mol. The number of hydrogen-bond donors (Lipinski definition) is 0. The number of rotatable bonds is 8. The molecule has 0 N–H and O–H groups in total. The molecule has 0 aromatic carbocycles. The van der Waals surface area contributed by atoms with E-state index in [0.717, 1.165) is 14.2 Å². The first-order chi connectivity index (χ1) is 8.12. The van der Waals surface area contributed by atoms with Crippen LogP contribution >= 0.6 is 0 Å². The second-order valence-corrected chi connectivity index (χ2v) is 3.05. The largest absolute Gasteiger partial charge is 0.469 e. The van der Waals surface area contributed by atoms with E-state index in [1.165, 1.54) is 7.11 Å². The Morgan fingerprint density at radius 3 is 2.12 bits per heavy atom. The van der Waals surface area contributed by atoms with E-state index in [9.17, 15) is 14.4 Å². The molecule has 0 aromatic rings. The molecular formula is C10H16O7. The molecule has 0 radical (unpaired) electrons. The lowest BCUT2D eigenvalue weighted by molar-refractivity contribution is -0.177. The Balaban J connectivity index is 4.84. The first-order valence-electron chi connectivity index (χ1n) is 4.82. The summed E-state index contributed by atoms with van der Waals surface area (Å²) in [6, 6.07) is 0. The zero-order chi connectivity index (χ0) is 13.3. The molecule has 0 saturated carbocycles. The van der Waals surface area contributed by atoms with E-state index < -0.39 is 24.0 Å². The van der Waals surface area contributed by atoms with E-state index in [1.807, 2.05) is 0 Å². The standard InChI is InChI=1S/C10H16O7/c1-14-6-17-8(10(13)16-3)7(4-5-11)9(12)15-2/h5,7-8H,4,6H2,1-3H3/t7-,8+/m0/s1. The molecular weight excluding hydrogens is 232 g/mol. The van der Waals surface area contributed by atoms with Gasteiger partial charge in [-0.25, -0.2) is 4.79 Å². The number of carbonyl (C=O) groups is 3. The minimum Gasteiger partial charge on any atom is -0.469 e. The maximum atomic E-state index is 11.4. The van der Waals surface area contributed by atoms with Gasteiger partial charge in [0.15, 0.2) is 6.10 Å². The van der Waals surface area contributed by atoms with E-state index in [1.54, 1.807) is 0 Å². The van der Waals surface area contributed by atoms with Gasteiger partial charge in [-0.05, 0) is 0 Å². The summed E-state index contributed by atoms with van der Waals surface area (Å²) in [5.41, 5.74) is 0. The Labute approximate surface area is 99.0 Å². The third-order valence-electron chi connectivity index (χ3n) is 2.02. The van der Waals surface area contributed by atoms with Crippen molar-refractivity contribution in [1.82, 2.24) is 0 Å². The topological polar surface area (TPSA) is 88.1 Å². The van der Waals surface area contributed by atoms with Crippen LogP contribution in [0.1, 0.15) is 6.42 Å². The van der Waals surface area contributed by atoms with Crippen molar-refractivity contribution in [3.05, 3.63) is 0 Å². The highest BCUT2D eigenvalue weighted by Gasteiger charge is 2.36. The van der Waals surface area contributed by atoms with Crippen LogP contribution in [-0.4, -0.2) is 52.5 Å². The number of esters is 2. The first kappa shape index (κ1) is 15.5. The highest BCUT2D eigenvalue weighted by Crippen LogP contribution is 2.15. The maximum Gasteiger partial charge on any atom is 0.336 e. The van der Waals surface area contributed by atoms with Crippen molar-refractivity contribution in [2.45, 2.75) is 12.5 Å². The Bertz CT molecular complexity index is 263. The second-order valence-electron chi connectivity index (χ2n) is 3.05. The van der Waals surface area contributed by atoms with Crippen molar-refractivity contribution in [3.63, 3.8) is 0 Å². The summed E-state index contributed by atoms with van der Waals surface area (Å²) in [4.78, 5) is 33.3. The van der Waals surface area contributed by atoms with E-state index in [0.29, 0.717) is 6.29 Å². The van der Waals surface area contributed by atoms with E-state index in [4.69, 9.17) is 4.74 Å². The van der Waals surface area contributed by atoms with Crippen molar-refractivity contribution in [3.8, 4) is 0 Å². The molecule has 0 aliphatic carbocycles. The van der Waals surface area contributed by atoms with Gasteiger partial charge in [-0.2, -0.15) is 0 Å². The Morgan fingerprint density at radius 1 is 1.12 bits per heavy atom. The van der Waals surface area contributed by atoms with E-state index >= 15 is 0 Å². The molecule has 7 heteroatoms. The van der Waals surface area contributed by atoms with Gasteiger partial charge < -0.3 is 23.7 Å². The summed E-state index contributed by atoms with van der Waals surface area (Å²) >= 11 is 0. The zero-order valence-electron chi connectivity index (χ0n) is 10.0. The minimum absolute atomic E-state index is 0.198. The van der Waals surface area contributed by atoms with Crippen LogP contribution < -0.4 is 0 Å². The van der Waals surface area contributed by atoms with Crippen LogP contribution in [0, 0.1) is 5.92 Å². The summed E-state index contributed by atoms with van der Waals surface area (Å²) in [5, 5.41) is 0. The van der Waals surface area contributed by atoms with Gasteiger partial charge in [0.05, 0.1) is 14.2 Å². The SMILES string of the molecule is COCO[C@@H](C(=O)OC)[C@H](CC=O)C(=O)OC. The predicted molar refractivity (Wildman–Crippen MR) is 55.0 cm³/mol. The Morgan fingerprint density at radius 2 is 1.71 bits per heavy atom. The first-order valence-corrected chi connectivity index (χ1v) is 4.82. The molecule has 0 heterocycles. The van der Waals surface area contributed by atoms with Gasteiger partial charge in [0.25, 0.3) is 0 Å². The molecule has 98 valence electrons. The molecule has 0 aromatic heterocycles. The normalized spacial score (nSPS) is 13.6. The molecule has 2 atom stereocenters. The number of methoxy groups -OCH3 is 3. The fraction of sp³-hybridized carbons (Fsp3) is 0.700. The average Bonchev–Trinajstić information content (AvgIpc) is 2.36. The Kier molecular flexibility index (Phi) is 7.91. The summed E-state index contributed by atoms with van der Waals surface area (Å²) in [6.07, 6.45) is -0.915. The summed E-state index contributed by atoms with van der Waals surface area (Å²) in [6.45, 7) is -0.202. The number of aldehydes is 1. The zero-order valence-corrected chi connectivity index (χ0v) is 10.0. The third-order valence-corrected chi connectivity index (χ3v) is 2.02. The van der Waals surface area contributed by atoms with Gasteiger partial charge >= 0.3 is 11.9 Å². The van der Waals surface area contributed by atoms with Crippen LogP contribution in [0.3, 0.4) is 0 Å². The molecule has 0 spiro atoms. The molecule has 7 nitrogen and oxygen atoms in total. The van der Waals surface area contributed by atoms with E-state index in [-0.39, 0.29) is 13.2 Å². The van der Waals surface area contributed by atoms with Gasteiger partial charge in [-0.15, -0.1) is 0 Å². The van der Waals surface area contributed by atoms with Crippen LogP contribution in [0.4, 0.5) is 0 Å². The van der Waals surface area contributed by atoms with Crippen LogP contribution in [0.2, 0.25) is 0 Å². The number of ether oxygens (including phenoxy) is 4.